The highest BCUT2D eigenvalue weighted by molar-refractivity contribution is 7.98. The van der Waals surface area contributed by atoms with Crippen LogP contribution in [-0.4, -0.2) is 27.5 Å². The van der Waals surface area contributed by atoms with Crippen molar-refractivity contribution in [3.8, 4) is 6.07 Å². The Morgan fingerprint density at radius 3 is 2.57 bits per heavy atom. The fourth-order valence-electron chi connectivity index (χ4n) is 2.43. The van der Waals surface area contributed by atoms with Crippen molar-refractivity contribution < 1.29 is 18.0 Å². The number of nitrogen functional groups attached to an aromatic ring is 1. The number of nitrogens with two attached hydrogens (primary N) is 1. The Hall–Kier alpha value is -2.80. The van der Waals surface area contributed by atoms with Gasteiger partial charge in [-0.25, -0.2) is 4.98 Å². The highest BCUT2D eigenvalue weighted by Crippen LogP contribution is 2.30. The molecule has 0 bridgehead atoms. The second-order valence-corrected chi connectivity index (χ2v) is 7.27. The van der Waals surface area contributed by atoms with E-state index in [9.17, 15) is 23.2 Å². The van der Waals surface area contributed by atoms with E-state index >= 15 is 0 Å². The number of halogens is 3. The van der Waals surface area contributed by atoms with E-state index in [1.165, 1.54) is 23.9 Å². The molecule has 2 rings (SSSR count). The average molecular weight is 409 g/mol. The minimum atomic E-state index is -4.48. The van der Waals surface area contributed by atoms with Crippen LogP contribution in [0.3, 0.4) is 0 Å². The number of hydrogen-bond donors (Lipinski definition) is 2. The normalized spacial score (nSPS) is 11.8. The lowest BCUT2D eigenvalue weighted by molar-refractivity contribution is -0.137. The van der Waals surface area contributed by atoms with Gasteiger partial charge in [0.15, 0.2) is 11.6 Å². The summed E-state index contributed by atoms with van der Waals surface area (Å²) in [4.78, 5) is 20.7. The molecule has 0 aliphatic heterocycles. The predicted octanol–water partition coefficient (Wildman–Crippen LogP) is 3.67. The number of anilines is 2. The molecule has 1 heterocycles. The first-order chi connectivity index (χ1) is 13.0. The molecule has 0 saturated heterocycles. The molecule has 1 aromatic carbocycles. The molecule has 10 heteroatoms. The largest absolute Gasteiger partial charge is 0.416 e. The lowest BCUT2D eigenvalue weighted by Crippen LogP contribution is -2.42. The first-order valence-electron chi connectivity index (χ1n) is 8.07. The fourth-order valence-corrected chi connectivity index (χ4v) is 2.96. The number of thioether (sulfide) groups is 1. The molecule has 0 saturated carbocycles. The Morgan fingerprint density at radius 2 is 2.00 bits per heavy atom. The first-order valence-corrected chi connectivity index (χ1v) is 9.29. The second kappa shape index (κ2) is 8.06. The molecule has 148 valence electrons. The number of nitrogens with zero attached hydrogens (tertiary/aromatic N) is 3. The van der Waals surface area contributed by atoms with E-state index in [4.69, 9.17) is 5.73 Å². The Kier molecular flexibility index (Phi) is 6.19. The molecule has 1 aromatic heterocycles. The number of Topliss-reactive ketones (excluding diaryl/α,β-unsaturated/α-hetero) is 1. The van der Waals surface area contributed by atoms with Crippen molar-refractivity contribution in [1.82, 2.24) is 9.97 Å². The van der Waals surface area contributed by atoms with Crippen molar-refractivity contribution in [3.63, 3.8) is 0 Å². The third-order valence-corrected chi connectivity index (χ3v) is 4.63. The first kappa shape index (κ1) is 21.5. The van der Waals surface area contributed by atoms with Crippen molar-refractivity contribution in [3.05, 3.63) is 41.0 Å². The Labute approximate surface area is 164 Å². The van der Waals surface area contributed by atoms with Gasteiger partial charge in [-0.2, -0.15) is 23.4 Å². The fraction of sp³-hybridized carbons (Fsp3) is 0.333. The SMILES string of the molecule is CSc1nc(N)nc(NC(C)(C)C(=O)Cc2cccc(C(F)(F)F)c2)c1C#N. The molecule has 6 nitrogen and oxygen atoms in total. The quantitative estimate of drug-likeness (QED) is 0.554. The van der Waals surface area contributed by atoms with E-state index in [0.29, 0.717) is 5.03 Å². The molecule has 0 spiro atoms. The summed E-state index contributed by atoms with van der Waals surface area (Å²) >= 11 is 1.20. The highest BCUT2D eigenvalue weighted by Gasteiger charge is 2.32. The number of benzene rings is 1. The van der Waals surface area contributed by atoms with Crippen LogP contribution in [0.4, 0.5) is 24.9 Å². The van der Waals surface area contributed by atoms with Gasteiger partial charge < -0.3 is 11.1 Å². The molecule has 0 fully saturated rings. The maximum absolute atomic E-state index is 12.9. The summed E-state index contributed by atoms with van der Waals surface area (Å²) in [5.41, 5.74) is 4.01. The molecule has 28 heavy (non-hydrogen) atoms. The molecule has 2 aromatic rings. The molecule has 0 unspecified atom stereocenters. The van der Waals surface area contributed by atoms with E-state index in [0.717, 1.165) is 12.1 Å². The van der Waals surface area contributed by atoms with Gasteiger partial charge in [0.25, 0.3) is 0 Å². The molecule has 3 N–H and O–H groups in total. The molecule has 0 aliphatic carbocycles. The number of carbonyl (C=O) groups is 1. The Morgan fingerprint density at radius 1 is 1.32 bits per heavy atom. The Balaban J connectivity index is 2.28. The number of hydrogen-bond acceptors (Lipinski definition) is 7. The molecule has 0 amide bonds. The summed E-state index contributed by atoms with van der Waals surface area (Å²) in [7, 11) is 0. The summed E-state index contributed by atoms with van der Waals surface area (Å²) in [6, 6.07) is 6.59. The molecular weight excluding hydrogens is 391 g/mol. The maximum Gasteiger partial charge on any atom is 0.416 e. The number of nitrogens with one attached hydrogen (secondary N) is 1. The van der Waals surface area contributed by atoms with E-state index in [1.54, 1.807) is 20.1 Å². The van der Waals surface area contributed by atoms with Crippen molar-refractivity contribution in [2.45, 2.75) is 37.0 Å². The van der Waals surface area contributed by atoms with Crippen LogP contribution in [0.2, 0.25) is 0 Å². The molecule has 0 radical (unpaired) electrons. The van der Waals surface area contributed by atoms with Crippen molar-refractivity contribution >= 4 is 29.3 Å². The van der Waals surface area contributed by atoms with Gasteiger partial charge in [-0.05, 0) is 31.7 Å². The molecule has 0 aliphatic rings. The van der Waals surface area contributed by atoms with Crippen LogP contribution in [0, 0.1) is 11.3 Å². The van der Waals surface area contributed by atoms with Crippen LogP contribution in [0.1, 0.15) is 30.5 Å². The van der Waals surface area contributed by atoms with Crippen LogP contribution < -0.4 is 11.1 Å². The number of ketones is 1. The summed E-state index contributed by atoms with van der Waals surface area (Å²) < 4.78 is 38.6. The zero-order chi connectivity index (χ0) is 21.1. The predicted molar refractivity (Wildman–Crippen MR) is 101 cm³/mol. The van der Waals surface area contributed by atoms with Gasteiger partial charge in [0, 0.05) is 6.42 Å². The molecule has 0 atom stereocenters. The van der Waals surface area contributed by atoms with E-state index in [2.05, 4.69) is 15.3 Å². The van der Waals surface area contributed by atoms with Gasteiger partial charge in [-0.15, -0.1) is 11.8 Å². The third-order valence-electron chi connectivity index (χ3n) is 3.95. The van der Waals surface area contributed by atoms with Gasteiger partial charge >= 0.3 is 6.18 Å². The van der Waals surface area contributed by atoms with Gasteiger partial charge in [-0.3, -0.25) is 4.79 Å². The average Bonchev–Trinajstić information content (AvgIpc) is 2.60. The standard InChI is InChI=1S/C18H18F3N5OS/c1-17(2,26-14-12(9-22)15(28-3)25-16(23)24-14)13(27)8-10-5-4-6-11(7-10)18(19,20)21/h4-7H,8H2,1-3H3,(H3,23,24,25,26). The van der Waals surface area contributed by atoms with Crippen LogP contribution in [0.5, 0.6) is 0 Å². The summed E-state index contributed by atoms with van der Waals surface area (Å²) in [6.07, 6.45) is -2.99. The monoisotopic (exact) mass is 409 g/mol. The number of rotatable bonds is 6. The van der Waals surface area contributed by atoms with Gasteiger partial charge in [0.1, 0.15) is 16.7 Å². The van der Waals surface area contributed by atoms with Crippen molar-refractivity contribution in [1.29, 1.82) is 5.26 Å². The minimum Gasteiger partial charge on any atom is -0.368 e. The number of nitriles is 1. The van der Waals surface area contributed by atoms with E-state index in [1.807, 2.05) is 6.07 Å². The van der Waals surface area contributed by atoms with Crippen LogP contribution in [-0.2, 0) is 17.4 Å². The van der Waals surface area contributed by atoms with Gasteiger partial charge in [-0.1, -0.05) is 18.2 Å². The smallest absolute Gasteiger partial charge is 0.368 e. The summed E-state index contributed by atoms with van der Waals surface area (Å²) in [5, 5.41) is 12.6. The maximum atomic E-state index is 12.9. The third kappa shape index (κ3) is 4.92. The lowest BCUT2D eigenvalue weighted by Gasteiger charge is -2.26. The number of aromatic nitrogens is 2. The zero-order valence-corrected chi connectivity index (χ0v) is 16.2. The van der Waals surface area contributed by atoms with Gasteiger partial charge in [0.05, 0.1) is 11.1 Å². The van der Waals surface area contributed by atoms with Gasteiger partial charge in [0.2, 0.25) is 5.95 Å². The van der Waals surface area contributed by atoms with Crippen molar-refractivity contribution in [2.24, 2.45) is 0 Å². The van der Waals surface area contributed by atoms with Crippen LogP contribution >= 0.6 is 11.8 Å². The van der Waals surface area contributed by atoms with E-state index < -0.39 is 17.3 Å². The molecular formula is C18H18F3N5OS. The minimum absolute atomic E-state index is 0.0630. The van der Waals surface area contributed by atoms with E-state index in [-0.39, 0.29) is 35.1 Å². The summed E-state index contributed by atoms with van der Waals surface area (Å²) in [6.45, 7) is 3.11. The topological polar surface area (TPSA) is 105 Å². The second-order valence-electron chi connectivity index (χ2n) is 6.47. The zero-order valence-electron chi connectivity index (χ0n) is 15.4. The number of alkyl halides is 3. The van der Waals surface area contributed by atoms with Crippen molar-refractivity contribution in [2.75, 3.05) is 17.3 Å². The highest BCUT2D eigenvalue weighted by atomic mass is 32.2. The van der Waals surface area contributed by atoms with Crippen LogP contribution in [0.25, 0.3) is 0 Å². The number of carbonyl (C=O) groups excluding carboxylic acids is 1. The lowest BCUT2D eigenvalue weighted by atomic mass is 9.92. The Bertz CT molecular complexity index is 938. The van der Waals surface area contributed by atoms with Crippen LogP contribution in [0.15, 0.2) is 29.3 Å². The summed E-state index contributed by atoms with van der Waals surface area (Å²) in [5.74, 6) is -0.340.